The quantitative estimate of drug-likeness (QED) is 0.816. The number of hydrogen-bond donors (Lipinski definition) is 1. The molecular formula is C17H20ClN3O3S2. The molecule has 1 amide bonds. The Morgan fingerprint density at radius 1 is 1.42 bits per heavy atom. The second-order valence-electron chi connectivity index (χ2n) is 6.37. The highest BCUT2D eigenvalue weighted by molar-refractivity contribution is 7.88. The molecule has 6 nitrogen and oxygen atoms in total. The Balaban J connectivity index is 1.64. The minimum Gasteiger partial charge on any atom is -0.341 e. The van der Waals surface area contributed by atoms with Gasteiger partial charge in [-0.3, -0.25) is 4.79 Å². The highest BCUT2D eigenvalue weighted by Gasteiger charge is 2.26. The number of aromatic nitrogens is 1. The minimum absolute atomic E-state index is 0.0407. The minimum atomic E-state index is -3.27. The average Bonchev–Trinajstić information content (AvgIpc) is 3.02. The van der Waals surface area contributed by atoms with E-state index in [1.54, 1.807) is 4.90 Å². The number of benzene rings is 1. The van der Waals surface area contributed by atoms with Crippen molar-refractivity contribution in [2.75, 3.05) is 19.3 Å². The van der Waals surface area contributed by atoms with Crippen LogP contribution >= 0.6 is 22.9 Å². The van der Waals surface area contributed by atoms with Gasteiger partial charge in [0, 0.05) is 30.1 Å². The first-order valence-electron chi connectivity index (χ1n) is 8.26. The Morgan fingerprint density at radius 3 is 2.92 bits per heavy atom. The number of rotatable bonds is 5. The van der Waals surface area contributed by atoms with Gasteiger partial charge >= 0.3 is 0 Å². The van der Waals surface area contributed by atoms with E-state index in [0.717, 1.165) is 29.7 Å². The maximum atomic E-state index is 12.6. The zero-order chi connectivity index (χ0) is 18.7. The third-order valence-corrected chi connectivity index (χ3v) is 6.16. The van der Waals surface area contributed by atoms with Crippen LogP contribution in [0.1, 0.15) is 18.5 Å². The first kappa shape index (κ1) is 19.3. The summed E-state index contributed by atoms with van der Waals surface area (Å²) in [5.74, 6) is -0.0407. The molecule has 2 heterocycles. The molecule has 0 saturated carbocycles. The first-order chi connectivity index (χ1) is 12.3. The van der Waals surface area contributed by atoms with Gasteiger partial charge in [-0.15, -0.1) is 11.3 Å². The zero-order valence-electron chi connectivity index (χ0n) is 14.3. The molecule has 1 aliphatic heterocycles. The van der Waals surface area contributed by atoms with E-state index in [0.29, 0.717) is 23.8 Å². The summed E-state index contributed by atoms with van der Waals surface area (Å²) in [5.41, 5.74) is 1.56. The van der Waals surface area contributed by atoms with Crippen LogP contribution in [0.4, 0.5) is 0 Å². The molecule has 1 N–H and O–H groups in total. The van der Waals surface area contributed by atoms with Crippen molar-refractivity contribution in [1.29, 1.82) is 0 Å². The largest absolute Gasteiger partial charge is 0.341 e. The Hall–Kier alpha value is -1.48. The van der Waals surface area contributed by atoms with Crippen molar-refractivity contribution in [1.82, 2.24) is 14.6 Å². The second-order valence-corrected chi connectivity index (χ2v) is 9.41. The van der Waals surface area contributed by atoms with Gasteiger partial charge in [-0.1, -0.05) is 29.8 Å². The lowest BCUT2D eigenvalue weighted by atomic mass is 10.1. The fraction of sp³-hybridized carbons (Fsp3) is 0.412. The Morgan fingerprint density at radius 2 is 2.19 bits per heavy atom. The lowest BCUT2D eigenvalue weighted by Crippen LogP contribution is -2.49. The van der Waals surface area contributed by atoms with Crippen molar-refractivity contribution >= 4 is 38.9 Å². The zero-order valence-corrected chi connectivity index (χ0v) is 16.7. The van der Waals surface area contributed by atoms with Crippen LogP contribution in [-0.4, -0.2) is 49.6 Å². The van der Waals surface area contributed by atoms with Crippen molar-refractivity contribution < 1.29 is 13.2 Å². The highest BCUT2D eigenvalue weighted by Crippen LogP contribution is 2.30. The number of likely N-dealkylation sites (tertiary alicyclic amines) is 1. The van der Waals surface area contributed by atoms with Crippen molar-refractivity contribution in [3.63, 3.8) is 0 Å². The molecule has 1 aliphatic rings. The third-order valence-electron chi connectivity index (χ3n) is 4.14. The van der Waals surface area contributed by atoms with Gasteiger partial charge in [0.05, 0.1) is 23.4 Å². The van der Waals surface area contributed by atoms with E-state index in [4.69, 9.17) is 11.6 Å². The van der Waals surface area contributed by atoms with E-state index >= 15 is 0 Å². The van der Waals surface area contributed by atoms with Crippen molar-refractivity contribution in [2.24, 2.45) is 0 Å². The summed E-state index contributed by atoms with van der Waals surface area (Å²) in [6, 6.07) is 7.25. The van der Waals surface area contributed by atoms with Crippen LogP contribution in [0.2, 0.25) is 5.02 Å². The molecule has 0 spiro atoms. The van der Waals surface area contributed by atoms with Gasteiger partial charge in [0.25, 0.3) is 0 Å². The molecule has 1 saturated heterocycles. The lowest BCUT2D eigenvalue weighted by Gasteiger charge is -2.32. The summed E-state index contributed by atoms with van der Waals surface area (Å²) in [6.45, 7) is 1.04. The molecule has 1 atom stereocenters. The molecule has 9 heteroatoms. The monoisotopic (exact) mass is 413 g/mol. The summed E-state index contributed by atoms with van der Waals surface area (Å²) >= 11 is 7.66. The van der Waals surface area contributed by atoms with Crippen LogP contribution in [0, 0.1) is 0 Å². The number of nitrogens with zero attached hydrogens (tertiary/aromatic N) is 2. The standard InChI is InChI=1S/C17H20ClN3O3S2/c1-26(23,24)20-12-5-4-8-21(10-12)16(22)9-13-11-25-17(19-13)14-6-2-3-7-15(14)18/h2-3,6-7,11-12,20H,4-5,8-10H2,1H3. The first-order valence-corrected chi connectivity index (χ1v) is 11.4. The Bertz CT molecular complexity index is 898. The third kappa shape index (κ3) is 5.03. The number of nitrogens with one attached hydrogen (secondary N) is 1. The predicted molar refractivity (Wildman–Crippen MR) is 104 cm³/mol. The number of piperidine rings is 1. The van der Waals surface area contributed by atoms with Crippen LogP contribution < -0.4 is 4.72 Å². The topological polar surface area (TPSA) is 79.4 Å². The van der Waals surface area contributed by atoms with Gasteiger partial charge < -0.3 is 4.90 Å². The molecule has 0 aliphatic carbocycles. The summed E-state index contributed by atoms with van der Waals surface area (Å²) < 4.78 is 25.4. The number of hydrogen-bond acceptors (Lipinski definition) is 5. The molecule has 140 valence electrons. The molecule has 0 radical (unpaired) electrons. The van der Waals surface area contributed by atoms with Crippen LogP contribution in [-0.2, 0) is 21.2 Å². The van der Waals surface area contributed by atoms with Gasteiger partial charge in [0.15, 0.2) is 0 Å². The number of halogens is 1. The van der Waals surface area contributed by atoms with E-state index in [-0.39, 0.29) is 18.4 Å². The van der Waals surface area contributed by atoms with Gasteiger partial charge in [0.2, 0.25) is 15.9 Å². The molecule has 0 bridgehead atoms. The average molecular weight is 414 g/mol. The summed E-state index contributed by atoms with van der Waals surface area (Å²) in [7, 11) is -3.27. The van der Waals surface area contributed by atoms with Crippen LogP contribution in [0.5, 0.6) is 0 Å². The highest BCUT2D eigenvalue weighted by atomic mass is 35.5. The molecule has 1 aromatic heterocycles. The molecule has 1 aromatic carbocycles. The molecule has 3 rings (SSSR count). The van der Waals surface area contributed by atoms with Gasteiger partial charge in [0.1, 0.15) is 5.01 Å². The normalized spacial score (nSPS) is 18.1. The Kier molecular flexibility index (Phi) is 5.96. The maximum absolute atomic E-state index is 12.6. The van der Waals surface area contributed by atoms with E-state index in [9.17, 15) is 13.2 Å². The molecule has 26 heavy (non-hydrogen) atoms. The van der Waals surface area contributed by atoms with Crippen molar-refractivity contribution in [2.45, 2.75) is 25.3 Å². The predicted octanol–water partition coefficient (Wildman–Crippen LogP) is 2.55. The summed E-state index contributed by atoms with van der Waals surface area (Å²) in [6.07, 6.45) is 2.86. The number of carbonyl (C=O) groups excluding carboxylic acids is 1. The number of thiazole rings is 1. The van der Waals surface area contributed by atoms with E-state index < -0.39 is 10.0 Å². The Labute approximate surface area is 162 Å². The maximum Gasteiger partial charge on any atom is 0.228 e. The van der Waals surface area contributed by atoms with Crippen LogP contribution in [0.15, 0.2) is 29.6 Å². The van der Waals surface area contributed by atoms with Crippen molar-refractivity contribution in [3.05, 3.63) is 40.4 Å². The molecule has 1 unspecified atom stereocenters. The number of amides is 1. The van der Waals surface area contributed by atoms with Crippen LogP contribution in [0.3, 0.4) is 0 Å². The van der Waals surface area contributed by atoms with E-state index in [1.807, 2.05) is 29.6 Å². The summed E-state index contributed by atoms with van der Waals surface area (Å²) in [4.78, 5) is 18.8. The molecule has 1 fully saturated rings. The number of carbonyl (C=O) groups is 1. The summed E-state index contributed by atoms with van der Waals surface area (Å²) in [5, 5.41) is 3.28. The van der Waals surface area contributed by atoms with E-state index in [1.165, 1.54) is 11.3 Å². The number of sulfonamides is 1. The smallest absolute Gasteiger partial charge is 0.228 e. The fourth-order valence-electron chi connectivity index (χ4n) is 3.02. The van der Waals surface area contributed by atoms with Crippen molar-refractivity contribution in [3.8, 4) is 10.6 Å². The van der Waals surface area contributed by atoms with Crippen LogP contribution in [0.25, 0.3) is 10.6 Å². The van der Waals surface area contributed by atoms with E-state index in [2.05, 4.69) is 9.71 Å². The van der Waals surface area contributed by atoms with Gasteiger partial charge in [-0.25, -0.2) is 18.1 Å². The SMILES string of the molecule is CS(=O)(=O)NC1CCCN(C(=O)Cc2csc(-c3ccccc3Cl)n2)C1. The van der Waals surface area contributed by atoms with Gasteiger partial charge in [-0.05, 0) is 18.9 Å². The lowest BCUT2D eigenvalue weighted by molar-refractivity contribution is -0.131. The fourth-order valence-corrected chi connectivity index (χ4v) is 4.95. The van der Waals surface area contributed by atoms with Gasteiger partial charge in [-0.2, -0.15) is 0 Å². The molecular weight excluding hydrogens is 394 g/mol. The molecule has 2 aromatic rings. The second kappa shape index (κ2) is 8.04.